The lowest BCUT2D eigenvalue weighted by molar-refractivity contribution is 0.275. The maximum Gasteiger partial charge on any atom is 0.0642 e. The standard InChI is InChI=1S/C15H24ClN3/c1-11(17)9-13-5-4-6-14(16)15(13)19-8-7-18(3)10-12(19)2/h4-6,11-12H,7-10,17H2,1-3H3. The average Bonchev–Trinajstić information content (AvgIpc) is 2.30. The molecule has 0 bridgehead atoms. The van der Waals surface area contributed by atoms with E-state index < -0.39 is 0 Å². The topological polar surface area (TPSA) is 32.5 Å². The Morgan fingerprint density at radius 3 is 2.79 bits per heavy atom. The van der Waals surface area contributed by atoms with Crippen LogP contribution in [0.3, 0.4) is 0 Å². The number of rotatable bonds is 3. The highest BCUT2D eigenvalue weighted by molar-refractivity contribution is 6.33. The second kappa shape index (κ2) is 6.12. The van der Waals surface area contributed by atoms with Crippen LogP contribution < -0.4 is 10.6 Å². The Hall–Kier alpha value is -0.770. The van der Waals surface area contributed by atoms with Crippen molar-refractivity contribution in [1.29, 1.82) is 0 Å². The van der Waals surface area contributed by atoms with Crippen molar-refractivity contribution in [1.82, 2.24) is 4.90 Å². The fourth-order valence-electron chi connectivity index (χ4n) is 2.87. The van der Waals surface area contributed by atoms with Crippen LogP contribution >= 0.6 is 11.6 Å². The van der Waals surface area contributed by atoms with Crippen LogP contribution in [0.5, 0.6) is 0 Å². The number of hydrogen-bond donors (Lipinski definition) is 1. The smallest absolute Gasteiger partial charge is 0.0642 e. The summed E-state index contributed by atoms with van der Waals surface area (Å²) < 4.78 is 0. The van der Waals surface area contributed by atoms with Crippen molar-refractivity contribution in [2.75, 3.05) is 31.6 Å². The Morgan fingerprint density at radius 2 is 2.16 bits per heavy atom. The maximum atomic E-state index is 6.45. The predicted octanol–water partition coefficient (Wildman–Crippen LogP) is 2.37. The summed E-state index contributed by atoms with van der Waals surface area (Å²) in [5.41, 5.74) is 8.41. The largest absolute Gasteiger partial charge is 0.365 e. The maximum absolute atomic E-state index is 6.45. The van der Waals surface area contributed by atoms with E-state index in [4.69, 9.17) is 17.3 Å². The van der Waals surface area contributed by atoms with E-state index in [0.717, 1.165) is 31.1 Å². The number of anilines is 1. The quantitative estimate of drug-likeness (QED) is 0.923. The van der Waals surface area contributed by atoms with E-state index in [1.54, 1.807) is 0 Å². The summed E-state index contributed by atoms with van der Waals surface area (Å²) in [6.45, 7) is 7.47. The van der Waals surface area contributed by atoms with Gasteiger partial charge in [-0.3, -0.25) is 0 Å². The minimum atomic E-state index is 0.153. The van der Waals surface area contributed by atoms with Crippen LogP contribution in [0.15, 0.2) is 18.2 Å². The third-order valence-corrected chi connectivity index (χ3v) is 4.04. The van der Waals surface area contributed by atoms with Gasteiger partial charge in [0.1, 0.15) is 0 Å². The van der Waals surface area contributed by atoms with Crippen LogP contribution in [-0.2, 0) is 6.42 Å². The lowest BCUT2D eigenvalue weighted by Crippen LogP contribution is -2.51. The Morgan fingerprint density at radius 1 is 1.42 bits per heavy atom. The number of para-hydroxylation sites is 1. The van der Waals surface area contributed by atoms with Crippen molar-refractivity contribution >= 4 is 17.3 Å². The fourth-order valence-corrected chi connectivity index (χ4v) is 3.17. The van der Waals surface area contributed by atoms with E-state index >= 15 is 0 Å². The van der Waals surface area contributed by atoms with Gasteiger partial charge in [-0.15, -0.1) is 0 Å². The van der Waals surface area contributed by atoms with Gasteiger partial charge in [-0.05, 0) is 38.9 Å². The lowest BCUT2D eigenvalue weighted by Gasteiger charge is -2.41. The number of nitrogens with two attached hydrogens (primary N) is 1. The van der Waals surface area contributed by atoms with E-state index in [0.29, 0.717) is 6.04 Å². The number of halogens is 1. The molecule has 0 aliphatic carbocycles. The fraction of sp³-hybridized carbons (Fsp3) is 0.600. The van der Waals surface area contributed by atoms with Crippen molar-refractivity contribution in [2.24, 2.45) is 5.73 Å². The Balaban J connectivity index is 2.32. The number of hydrogen-bond acceptors (Lipinski definition) is 3. The first-order valence-electron chi connectivity index (χ1n) is 6.97. The van der Waals surface area contributed by atoms with Gasteiger partial charge in [-0.25, -0.2) is 0 Å². The molecule has 3 nitrogen and oxygen atoms in total. The molecule has 0 amide bonds. The number of likely N-dealkylation sites (N-methyl/N-ethyl adjacent to an activating group) is 1. The molecular weight excluding hydrogens is 258 g/mol. The van der Waals surface area contributed by atoms with Crippen molar-refractivity contribution in [2.45, 2.75) is 32.4 Å². The van der Waals surface area contributed by atoms with Gasteiger partial charge in [-0.2, -0.15) is 0 Å². The molecule has 1 heterocycles. The van der Waals surface area contributed by atoms with Crippen LogP contribution in [0.1, 0.15) is 19.4 Å². The molecule has 2 N–H and O–H groups in total. The summed E-state index contributed by atoms with van der Waals surface area (Å²) in [6.07, 6.45) is 0.870. The van der Waals surface area contributed by atoms with E-state index in [2.05, 4.69) is 29.8 Å². The summed E-state index contributed by atoms with van der Waals surface area (Å²) in [6, 6.07) is 6.78. The zero-order chi connectivity index (χ0) is 14.0. The van der Waals surface area contributed by atoms with Crippen molar-refractivity contribution in [3.05, 3.63) is 28.8 Å². The number of nitrogens with zero attached hydrogens (tertiary/aromatic N) is 2. The molecule has 1 aliphatic heterocycles. The van der Waals surface area contributed by atoms with E-state index in [9.17, 15) is 0 Å². The van der Waals surface area contributed by atoms with E-state index in [-0.39, 0.29) is 6.04 Å². The zero-order valence-electron chi connectivity index (χ0n) is 12.1. The first kappa shape index (κ1) is 14.6. The summed E-state index contributed by atoms with van der Waals surface area (Å²) in [5.74, 6) is 0. The predicted molar refractivity (Wildman–Crippen MR) is 83.1 cm³/mol. The van der Waals surface area contributed by atoms with Gasteiger partial charge in [0.2, 0.25) is 0 Å². The Bertz CT molecular complexity index is 433. The molecule has 2 rings (SSSR count). The molecule has 1 aromatic carbocycles. The molecule has 0 aromatic heterocycles. The minimum absolute atomic E-state index is 0.153. The van der Waals surface area contributed by atoms with Crippen molar-refractivity contribution in [3.63, 3.8) is 0 Å². The van der Waals surface area contributed by atoms with Crippen molar-refractivity contribution < 1.29 is 0 Å². The van der Waals surface area contributed by atoms with Gasteiger partial charge in [0, 0.05) is 31.7 Å². The molecular formula is C15H24ClN3. The summed E-state index contributed by atoms with van der Waals surface area (Å²) >= 11 is 6.45. The monoisotopic (exact) mass is 281 g/mol. The van der Waals surface area contributed by atoms with E-state index in [1.165, 1.54) is 11.3 Å². The van der Waals surface area contributed by atoms with Crippen LogP contribution in [0, 0.1) is 0 Å². The molecule has 0 radical (unpaired) electrons. The summed E-state index contributed by atoms with van der Waals surface area (Å²) in [7, 11) is 2.17. The molecule has 2 atom stereocenters. The molecule has 1 aliphatic rings. The first-order chi connectivity index (χ1) is 8.99. The first-order valence-corrected chi connectivity index (χ1v) is 7.35. The highest BCUT2D eigenvalue weighted by Gasteiger charge is 2.25. The molecule has 1 aromatic rings. The van der Waals surface area contributed by atoms with Crippen molar-refractivity contribution in [3.8, 4) is 0 Å². The molecule has 1 saturated heterocycles. The zero-order valence-corrected chi connectivity index (χ0v) is 12.8. The Kier molecular flexibility index (Phi) is 4.71. The minimum Gasteiger partial charge on any atom is -0.365 e. The van der Waals surface area contributed by atoms with E-state index in [1.807, 2.05) is 19.1 Å². The molecule has 106 valence electrons. The molecule has 4 heteroatoms. The number of benzene rings is 1. The third-order valence-electron chi connectivity index (χ3n) is 3.73. The SMILES string of the molecule is CC(N)Cc1cccc(Cl)c1N1CCN(C)CC1C. The van der Waals surface area contributed by atoms with Gasteiger partial charge >= 0.3 is 0 Å². The van der Waals surface area contributed by atoms with Crippen LogP contribution in [0.2, 0.25) is 5.02 Å². The summed E-state index contributed by atoms with van der Waals surface area (Å²) in [5, 5.41) is 0.842. The third kappa shape index (κ3) is 3.41. The Labute approximate surface area is 121 Å². The van der Waals surface area contributed by atoms with Gasteiger partial charge in [-0.1, -0.05) is 23.7 Å². The number of piperazine rings is 1. The molecule has 1 fully saturated rings. The highest BCUT2D eigenvalue weighted by atomic mass is 35.5. The van der Waals surface area contributed by atoms with Gasteiger partial charge in [0.15, 0.2) is 0 Å². The molecule has 0 saturated carbocycles. The molecule has 0 spiro atoms. The second-order valence-corrected chi connectivity index (χ2v) is 6.14. The normalized spacial score (nSPS) is 22.6. The van der Waals surface area contributed by atoms with Crippen LogP contribution in [-0.4, -0.2) is 43.7 Å². The highest BCUT2D eigenvalue weighted by Crippen LogP contribution is 2.33. The van der Waals surface area contributed by atoms with Crippen LogP contribution in [0.25, 0.3) is 0 Å². The van der Waals surface area contributed by atoms with Gasteiger partial charge < -0.3 is 15.5 Å². The average molecular weight is 282 g/mol. The summed E-state index contributed by atoms with van der Waals surface area (Å²) in [4.78, 5) is 4.79. The van der Waals surface area contributed by atoms with Crippen LogP contribution in [0.4, 0.5) is 5.69 Å². The molecule has 2 unspecified atom stereocenters. The van der Waals surface area contributed by atoms with Gasteiger partial charge in [0.05, 0.1) is 10.7 Å². The molecule has 19 heavy (non-hydrogen) atoms. The lowest BCUT2D eigenvalue weighted by atomic mass is 10.0. The second-order valence-electron chi connectivity index (χ2n) is 5.73. The van der Waals surface area contributed by atoms with Gasteiger partial charge in [0.25, 0.3) is 0 Å².